The van der Waals surface area contributed by atoms with Crippen LogP contribution in [0.1, 0.15) is 30.6 Å². The Hall–Kier alpha value is -1.95. The van der Waals surface area contributed by atoms with Gasteiger partial charge in [0.05, 0.1) is 24.2 Å². The first-order valence-corrected chi connectivity index (χ1v) is 7.73. The molecule has 0 bridgehead atoms. The minimum Gasteiger partial charge on any atom is -0.493 e. The molecule has 1 amide bonds. The van der Waals surface area contributed by atoms with Crippen LogP contribution >= 0.6 is 11.6 Å². The summed E-state index contributed by atoms with van der Waals surface area (Å²) in [7, 11) is 1.47. The number of carboxylic acid groups (broad SMARTS) is 1. The van der Waals surface area contributed by atoms with E-state index in [4.69, 9.17) is 21.1 Å². The molecule has 1 saturated heterocycles. The number of halogens is 1. The molecule has 6 nitrogen and oxygen atoms in total. The Morgan fingerprint density at radius 1 is 1.43 bits per heavy atom. The molecule has 0 saturated carbocycles. The highest BCUT2D eigenvalue weighted by Crippen LogP contribution is 2.38. The molecule has 0 aromatic heterocycles. The monoisotopic (exact) mass is 341 g/mol. The van der Waals surface area contributed by atoms with E-state index in [1.54, 1.807) is 13.0 Å². The molecule has 1 fully saturated rings. The van der Waals surface area contributed by atoms with E-state index in [1.165, 1.54) is 18.1 Å². The fraction of sp³-hybridized carbons (Fsp3) is 0.500. The zero-order valence-corrected chi connectivity index (χ0v) is 14.1. The molecule has 0 radical (unpaired) electrons. The van der Waals surface area contributed by atoms with Crippen LogP contribution in [0.3, 0.4) is 0 Å². The van der Waals surface area contributed by atoms with Gasteiger partial charge in [0.2, 0.25) is 0 Å². The van der Waals surface area contributed by atoms with E-state index in [1.807, 2.05) is 6.92 Å². The number of carbonyl (C=O) groups excluding carboxylic acids is 1. The molecule has 1 aliphatic rings. The van der Waals surface area contributed by atoms with E-state index in [-0.39, 0.29) is 17.5 Å². The Kier molecular flexibility index (Phi) is 5.04. The SMILES string of the molecule is CCOc1c(Cl)cc(C(=O)N2CC[C@](C)(C(=O)O)C2)cc1OC. The number of amides is 1. The third-order valence-corrected chi connectivity index (χ3v) is 4.32. The van der Waals surface area contributed by atoms with E-state index < -0.39 is 11.4 Å². The minimum absolute atomic E-state index is 0.175. The highest BCUT2D eigenvalue weighted by Gasteiger charge is 2.42. The predicted molar refractivity (Wildman–Crippen MR) is 85.4 cm³/mol. The number of rotatable bonds is 5. The normalized spacial score (nSPS) is 20.4. The highest BCUT2D eigenvalue weighted by atomic mass is 35.5. The van der Waals surface area contributed by atoms with Gasteiger partial charge in [-0.05, 0) is 32.4 Å². The Morgan fingerprint density at radius 3 is 2.65 bits per heavy atom. The average Bonchev–Trinajstić information content (AvgIpc) is 2.92. The molecule has 0 unspecified atom stereocenters. The molecule has 1 aromatic rings. The lowest BCUT2D eigenvalue weighted by Crippen LogP contribution is -2.34. The molecular weight excluding hydrogens is 322 g/mol. The van der Waals surface area contributed by atoms with Crippen LogP contribution < -0.4 is 9.47 Å². The van der Waals surface area contributed by atoms with Crippen molar-refractivity contribution in [1.82, 2.24) is 4.90 Å². The van der Waals surface area contributed by atoms with Gasteiger partial charge in [0.15, 0.2) is 11.5 Å². The van der Waals surface area contributed by atoms with Crippen LogP contribution in [0.15, 0.2) is 12.1 Å². The van der Waals surface area contributed by atoms with Crippen LogP contribution in [-0.4, -0.2) is 48.7 Å². The fourth-order valence-electron chi connectivity index (χ4n) is 2.62. The molecule has 1 heterocycles. The van der Waals surface area contributed by atoms with E-state index in [0.29, 0.717) is 36.6 Å². The van der Waals surface area contributed by atoms with Crippen molar-refractivity contribution in [3.63, 3.8) is 0 Å². The van der Waals surface area contributed by atoms with E-state index in [2.05, 4.69) is 0 Å². The van der Waals surface area contributed by atoms with Crippen LogP contribution in [0.5, 0.6) is 11.5 Å². The van der Waals surface area contributed by atoms with Gasteiger partial charge in [-0.3, -0.25) is 9.59 Å². The number of hydrogen-bond donors (Lipinski definition) is 1. The van der Waals surface area contributed by atoms with Crippen molar-refractivity contribution in [2.75, 3.05) is 26.8 Å². The standard InChI is InChI=1S/C16H20ClNO5/c1-4-23-13-11(17)7-10(8-12(13)22-3)14(19)18-6-5-16(2,9-18)15(20)21/h7-8H,4-6,9H2,1-3H3,(H,20,21)/t16-/m0/s1. The zero-order valence-electron chi connectivity index (χ0n) is 13.4. The lowest BCUT2D eigenvalue weighted by atomic mass is 9.90. The molecule has 0 aliphatic carbocycles. The molecule has 1 N–H and O–H groups in total. The Balaban J connectivity index is 2.27. The van der Waals surface area contributed by atoms with E-state index >= 15 is 0 Å². The van der Waals surface area contributed by atoms with Gasteiger partial charge in [-0.15, -0.1) is 0 Å². The van der Waals surface area contributed by atoms with Crippen LogP contribution in [0.4, 0.5) is 0 Å². The van der Waals surface area contributed by atoms with E-state index in [9.17, 15) is 14.7 Å². The number of hydrogen-bond acceptors (Lipinski definition) is 4. The summed E-state index contributed by atoms with van der Waals surface area (Å²) in [5.74, 6) is -0.388. The molecule has 1 aliphatic heterocycles. The number of likely N-dealkylation sites (tertiary alicyclic amines) is 1. The van der Waals surface area contributed by atoms with Crippen LogP contribution in [0.25, 0.3) is 0 Å². The third-order valence-electron chi connectivity index (χ3n) is 4.04. The third kappa shape index (κ3) is 3.37. The van der Waals surface area contributed by atoms with Crippen molar-refractivity contribution in [3.8, 4) is 11.5 Å². The van der Waals surface area contributed by atoms with Gasteiger partial charge in [0.25, 0.3) is 5.91 Å². The van der Waals surface area contributed by atoms with Gasteiger partial charge in [-0.25, -0.2) is 0 Å². The molecule has 23 heavy (non-hydrogen) atoms. The number of benzene rings is 1. The van der Waals surface area contributed by atoms with Crippen molar-refractivity contribution >= 4 is 23.5 Å². The number of aliphatic carboxylic acids is 1. The Bertz CT molecular complexity index is 633. The summed E-state index contributed by atoms with van der Waals surface area (Å²) < 4.78 is 10.7. The first-order valence-electron chi connectivity index (χ1n) is 7.35. The largest absolute Gasteiger partial charge is 0.493 e. The van der Waals surface area contributed by atoms with Gasteiger partial charge in [-0.2, -0.15) is 0 Å². The fourth-order valence-corrected chi connectivity index (χ4v) is 2.88. The van der Waals surface area contributed by atoms with Crippen molar-refractivity contribution in [2.45, 2.75) is 20.3 Å². The Morgan fingerprint density at radius 2 is 2.13 bits per heavy atom. The second-order valence-corrected chi connectivity index (χ2v) is 6.17. The van der Waals surface area contributed by atoms with Crippen molar-refractivity contribution < 1.29 is 24.2 Å². The zero-order chi connectivity index (χ0) is 17.2. The lowest BCUT2D eigenvalue weighted by Gasteiger charge is -2.21. The smallest absolute Gasteiger partial charge is 0.311 e. The van der Waals surface area contributed by atoms with Gasteiger partial charge < -0.3 is 19.5 Å². The number of carboxylic acids is 1. The average molecular weight is 342 g/mol. The van der Waals surface area contributed by atoms with E-state index in [0.717, 1.165) is 0 Å². The molecule has 126 valence electrons. The number of ether oxygens (including phenoxy) is 2. The summed E-state index contributed by atoms with van der Waals surface area (Å²) in [6.45, 7) is 4.47. The highest BCUT2D eigenvalue weighted by molar-refractivity contribution is 6.32. The van der Waals surface area contributed by atoms with Crippen LogP contribution in [0.2, 0.25) is 5.02 Å². The summed E-state index contributed by atoms with van der Waals surface area (Å²) in [5.41, 5.74) is -0.556. The molecular formula is C16H20ClNO5. The van der Waals surface area contributed by atoms with Gasteiger partial charge in [0.1, 0.15) is 0 Å². The van der Waals surface area contributed by atoms with Crippen LogP contribution in [0, 0.1) is 5.41 Å². The second kappa shape index (κ2) is 6.66. The van der Waals surface area contributed by atoms with Crippen LogP contribution in [-0.2, 0) is 4.79 Å². The molecule has 0 spiro atoms. The summed E-state index contributed by atoms with van der Waals surface area (Å²) in [6, 6.07) is 3.09. The van der Waals surface area contributed by atoms with Gasteiger partial charge in [0, 0.05) is 18.7 Å². The minimum atomic E-state index is -0.908. The maximum Gasteiger partial charge on any atom is 0.311 e. The number of carbonyl (C=O) groups is 2. The van der Waals surface area contributed by atoms with Crippen molar-refractivity contribution in [1.29, 1.82) is 0 Å². The summed E-state index contributed by atoms with van der Waals surface area (Å²) >= 11 is 6.18. The molecule has 2 rings (SSSR count). The number of methoxy groups -OCH3 is 1. The maximum atomic E-state index is 12.6. The summed E-state index contributed by atoms with van der Waals surface area (Å²) in [4.78, 5) is 25.5. The molecule has 1 atom stereocenters. The van der Waals surface area contributed by atoms with Crippen molar-refractivity contribution in [3.05, 3.63) is 22.7 Å². The van der Waals surface area contributed by atoms with Crippen molar-refractivity contribution in [2.24, 2.45) is 5.41 Å². The van der Waals surface area contributed by atoms with Gasteiger partial charge in [-0.1, -0.05) is 11.6 Å². The molecule has 7 heteroatoms. The summed E-state index contributed by atoms with van der Waals surface area (Å²) in [6.07, 6.45) is 0.427. The summed E-state index contributed by atoms with van der Waals surface area (Å²) in [5, 5.41) is 9.56. The van der Waals surface area contributed by atoms with Gasteiger partial charge >= 0.3 is 5.97 Å². The number of nitrogens with zero attached hydrogens (tertiary/aromatic N) is 1. The topological polar surface area (TPSA) is 76.1 Å². The first-order chi connectivity index (χ1) is 10.8. The maximum absolute atomic E-state index is 12.6. The Labute approximate surface area is 139 Å². The second-order valence-electron chi connectivity index (χ2n) is 5.76. The quantitative estimate of drug-likeness (QED) is 0.891. The first kappa shape index (κ1) is 17.4. The predicted octanol–water partition coefficient (Wildman–Crippen LogP) is 2.68. The molecule has 1 aromatic carbocycles. The lowest BCUT2D eigenvalue weighted by molar-refractivity contribution is -0.147.